The van der Waals surface area contributed by atoms with Crippen molar-refractivity contribution in [1.29, 1.82) is 0 Å². The minimum absolute atomic E-state index is 0.225. The molecule has 0 spiro atoms. The van der Waals surface area contributed by atoms with Crippen molar-refractivity contribution in [1.82, 2.24) is 14.8 Å². The van der Waals surface area contributed by atoms with Gasteiger partial charge in [0.1, 0.15) is 5.82 Å². The molecule has 6 nitrogen and oxygen atoms in total. The predicted molar refractivity (Wildman–Crippen MR) is 88.7 cm³/mol. The van der Waals surface area contributed by atoms with E-state index in [2.05, 4.69) is 10.2 Å². The topological polar surface area (TPSA) is 61.3 Å². The summed E-state index contributed by atoms with van der Waals surface area (Å²) in [5.74, 6) is 2.33. The minimum Gasteiger partial charge on any atom is -0.493 e. The van der Waals surface area contributed by atoms with Crippen molar-refractivity contribution in [3.63, 3.8) is 0 Å². The highest BCUT2D eigenvalue weighted by Crippen LogP contribution is 2.28. The van der Waals surface area contributed by atoms with E-state index in [1.807, 2.05) is 22.8 Å². The molecule has 2 aromatic rings. The van der Waals surface area contributed by atoms with Crippen LogP contribution in [0.2, 0.25) is 0 Å². The number of nitrogens with one attached hydrogen (secondary N) is 1. The highest BCUT2D eigenvalue weighted by molar-refractivity contribution is 7.71. The smallest absolute Gasteiger partial charge is 0.195 e. The lowest BCUT2D eigenvalue weighted by molar-refractivity contribution is 0.0960. The Morgan fingerprint density at radius 2 is 2.17 bits per heavy atom. The number of aromatic amines is 1. The van der Waals surface area contributed by atoms with Crippen LogP contribution in [0.4, 0.5) is 0 Å². The van der Waals surface area contributed by atoms with E-state index < -0.39 is 0 Å². The second-order valence-electron chi connectivity index (χ2n) is 5.56. The van der Waals surface area contributed by atoms with Crippen molar-refractivity contribution in [2.24, 2.45) is 0 Å². The molecule has 3 rings (SSSR count). The molecule has 1 aliphatic rings. The number of hydrogen-bond acceptors (Lipinski definition) is 5. The van der Waals surface area contributed by atoms with E-state index in [1.165, 1.54) is 0 Å². The Bertz CT molecular complexity index is 720. The van der Waals surface area contributed by atoms with Crippen molar-refractivity contribution < 1.29 is 14.2 Å². The standard InChI is InChI=1S/C16H21N3O3S/c1-20-13-6-5-11(8-14(13)21-2)9-15-17-18-16(23)19(15)10-12-4-3-7-22-12/h5-6,8,12H,3-4,7,9-10H2,1-2H3,(H,18,23)/t12-/m0/s1. The molecule has 124 valence electrons. The van der Waals surface area contributed by atoms with Crippen LogP contribution in [0, 0.1) is 4.77 Å². The Kier molecular flexibility index (Phi) is 4.97. The molecule has 7 heteroatoms. The van der Waals surface area contributed by atoms with Gasteiger partial charge in [-0.1, -0.05) is 6.07 Å². The van der Waals surface area contributed by atoms with E-state index >= 15 is 0 Å². The molecular weight excluding hydrogens is 314 g/mol. The van der Waals surface area contributed by atoms with E-state index in [4.69, 9.17) is 26.4 Å². The Hall–Kier alpha value is -1.86. The molecule has 0 saturated carbocycles. The van der Waals surface area contributed by atoms with Gasteiger partial charge in [-0.3, -0.25) is 5.10 Å². The molecule has 0 unspecified atom stereocenters. The van der Waals surface area contributed by atoms with Crippen LogP contribution in [0.15, 0.2) is 18.2 Å². The van der Waals surface area contributed by atoms with Crippen molar-refractivity contribution in [3.8, 4) is 11.5 Å². The summed E-state index contributed by atoms with van der Waals surface area (Å²) < 4.78 is 19.0. The van der Waals surface area contributed by atoms with E-state index in [-0.39, 0.29) is 6.10 Å². The summed E-state index contributed by atoms with van der Waals surface area (Å²) in [6.45, 7) is 1.58. The molecule has 2 heterocycles. The van der Waals surface area contributed by atoms with Crippen LogP contribution in [0.1, 0.15) is 24.2 Å². The van der Waals surface area contributed by atoms with Gasteiger partial charge in [0, 0.05) is 13.0 Å². The fourth-order valence-electron chi connectivity index (χ4n) is 2.84. The SMILES string of the molecule is COc1ccc(Cc2n[nH]c(=S)n2C[C@@H]2CCCO2)cc1OC. The summed E-state index contributed by atoms with van der Waals surface area (Å²) in [5.41, 5.74) is 1.09. The number of rotatable bonds is 6. The van der Waals surface area contributed by atoms with Crippen LogP contribution in [-0.2, 0) is 17.7 Å². The van der Waals surface area contributed by atoms with Crippen molar-refractivity contribution >= 4 is 12.2 Å². The maximum absolute atomic E-state index is 5.71. The molecule has 0 bridgehead atoms. The Morgan fingerprint density at radius 1 is 1.35 bits per heavy atom. The highest BCUT2D eigenvalue weighted by atomic mass is 32.1. The summed E-state index contributed by atoms with van der Waals surface area (Å²) in [7, 11) is 3.26. The molecule has 1 aromatic heterocycles. The lowest BCUT2D eigenvalue weighted by Gasteiger charge is -2.13. The van der Waals surface area contributed by atoms with Crippen LogP contribution in [-0.4, -0.2) is 41.7 Å². The van der Waals surface area contributed by atoms with Gasteiger partial charge >= 0.3 is 0 Å². The average Bonchev–Trinajstić information content (AvgIpc) is 3.20. The van der Waals surface area contributed by atoms with Gasteiger partial charge in [0.05, 0.1) is 26.9 Å². The van der Waals surface area contributed by atoms with Crippen molar-refractivity contribution in [2.45, 2.75) is 31.9 Å². The third-order valence-corrected chi connectivity index (χ3v) is 4.37. The monoisotopic (exact) mass is 335 g/mol. The van der Waals surface area contributed by atoms with E-state index in [9.17, 15) is 0 Å². The molecule has 1 fully saturated rings. The van der Waals surface area contributed by atoms with Crippen LogP contribution in [0.25, 0.3) is 0 Å². The number of ether oxygens (including phenoxy) is 3. The summed E-state index contributed by atoms with van der Waals surface area (Å²) >= 11 is 5.36. The normalized spacial score (nSPS) is 17.4. The fourth-order valence-corrected chi connectivity index (χ4v) is 3.06. The first-order chi connectivity index (χ1) is 11.2. The van der Waals surface area contributed by atoms with Gasteiger partial charge in [-0.15, -0.1) is 0 Å². The van der Waals surface area contributed by atoms with Crippen molar-refractivity contribution in [2.75, 3.05) is 20.8 Å². The van der Waals surface area contributed by atoms with Gasteiger partial charge in [-0.25, -0.2) is 0 Å². The van der Waals surface area contributed by atoms with Gasteiger partial charge in [0.15, 0.2) is 16.3 Å². The maximum Gasteiger partial charge on any atom is 0.195 e. The summed E-state index contributed by atoms with van der Waals surface area (Å²) in [4.78, 5) is 0. The molecule has 0 radical (unpaired) electrons. The van der Waals surface area contributed by atoms with E-state index in [1.54, 1.807) is 14.2 Å². The van der Waals surface area contributed by atoms with Gasteiger partial charge < -0.3 is 18.8 Å². The largest absolute Gasteiger partial charge is 0.493 e. The molecule has 1 aliphatic heterocycles. The van der Waals surface area contributed by atoms with Crippen LogP contribution < -0.4 is 9.47 Å². The molecule has 1 saturated heterocycles. The molecule has 23 heavy (non-hydrogen) atoms. The minimum atomic E-state index is 0.225. The van der Waals surface area contributed by atoms with Crippen LogP contribution in [0.5, 0.6) is 11.5 Å². The zero-order valence-corrected chi connectivity index (χ0v) is 14.2. The van der Waals surface area contributed by atoms with Gasteiger partial charge in [-0.2, -0.15) is 5.10 Å². The second kappa shape index (κ2) is 7.14. The molecule has 1 aromatic carbocycles. The number of H-pyrrole nitrogens is 1. The average molecular weight is 335 g/mol. The zero-order valence-electron chi connectivity index (χ0n) is 13.4. The number of benzene rings is 1. The summed E-state index contributed by atoms with van der Waals surface area (Å²) in [6, 6.07) is 5.88. The predicted octanol–water partition coefficient (Wildman–Crippen LogP) is 2.73. The number of nitrogens with zero attached hydrogens (tertiary/aromatic N) is 2. The molecule has 1 N–H and O–H groups in total. The lowest BCUT2D eigenvalue weighted by Crippen LogP contribution is -2.17. The third-order valence-electron chi connectivity index (χ3n) is 4.06. The van der Waals surface area contributed by atoms with Gasteiger partial charge in [0.2, 0.25) is 0 Å². The number of methoxy groups -OCH3 is 2. The molecule has 1 atom stereocenters. The Morgan fingerprint density at radius 3 is 2.87 bits per heavy atom. The van der Waals surface area contributed by atoms with Crippen molar-refractivity contribution in [3.05, 3.63) is 34.4 Å². The van der Waals surface area contributed by atoms with E-state index in [0.29, 0.717) is 16.9 Å². The zero-order chi connectivity index (χ0) is 16.2. The molecule has 0 amide bonds. The first kappa shape index (κ1) is 16.0. The number of hydrogen-bond donors (Lipinski definition) is 1. The lowest BCUT2D eigenvalue weighted by atomic mass is 10.1. The summed E-state index contributed by atoms with van der Waals surface area (Å²) in [6.07, 6.45) is 3.08. The molecule has 0 aliphatic carbocycles. The molecular formula is C16H21N3O3S. The Balaban J connectivity index is 1.81. The highest BCUT2D eigenvalue weighted by Gasteiger charge is 2.19. The fraction of sp³-hybridized carbons (Fsp3) is 0.500. The first-order valence-electron chi connectivity index (χ1n) is 7.68. The third kappa shape index (κ3) is 3.56. The van der Waals surface area contributed by atoms with Gasteiger partial charge in [-0.05, 0) is 42.8 Å². The Labute approximate surface area is 140 Å². The summed E-state index contributed by atoms with van der Waals surface area (Å²) in [5, 5.41) is 7.26. The van der Waals surface area contributed by atoms with Crippen LogP contribution >= 0.6 is 12.2 Å². The van der Waals surface area contributed by atoms with Crippen LogP contribution in [0.3, 0.4) is 0 Å². The quantitative estimate of drug-likeness (QED) is 0.823. The first-order valence-corrected chi connectivity index (χ1v) is 8.08. The van der Waals surface area contributed by atoms with E-state index in [0.717, 1.165) is 43.1 Å². The second-order valence-corrected chi connectivity index (χ2v) is 5.94. The number of aromatic nitrogens is 3. The maximum atomic E-state index is 5.71. The van der Waals surface area contributed by atoms with Gasteiger partial charge in [0.25, 0.3) is 0 Å².